The summed E-state index contributed by atoms with van der Waals surface area (Å²) >= 11 is 0. The summed E-state index contributed by atoms with van der Waals surface area (Å²) in [5.74, 6) is 0.326. The van der Waals surface area contributed by atoms with E-state index in [-0.39, 0.29) is 5.69 Å². The second-order valence-corrected chi connectivity index (χ2v) is 4.09. The van der Waals surface area contributed by atoms with Crippen molar-refractivity contribution < 1.29 is 18.0 Å². The topological polar surface area (TPSA) is 69.8 Å². The smallest absolute Gasteiger partial charge is 0.308 e. The van der Waals surface area contributed by atoms with E-state index < -0.39 is 17.8 Å². The quantitative estimate of drug-likeness (QED) is 0.791. The number of nitrogens with one attached hydrogen (secondary N) is 3. The van der Waals surface area contributed by atoms with Gasteiger partial charge >= 0.3 is 12.2 Å². The molecule has 1 aromatic carbocycles. The lowest BCUT2D eigenvalue weighted by Gasteiger charge is -2.08. The van der Waals surface area contributed by atoms with E-state index in [1.165, 1.54) is 12.1 Å². The third kappa shape index (κ3) is 3.50. The summed E-state index contributed by atoms with van der Waals surface area (Å²) in [6.45, 7) is 1.77. The fourth-order valence-electron chi connectivity index (χ4n) is 1.50. The van der Waals surface area contributed by atoms with Gasteiger partial charge in [-0.15, -0.1) is 0 Å². The van der Waals surface area contributed by atoms with Gasteiger partial charge in [0, 0.05) is 17.4 Å². The number of halogens is 3. The average Bonchev–Trinajstić information content (AvgIpc) is 2.74. The summed E-state index contributed by atoms with van der Waals surface area (Å²) in [6.07, 6.45) is -4.40. The van der Waals surface area contributed by atoms with Crippen molar-refractivity contribution in [2.24, 2.45) is 0 Å². The molecule has 0 aliphatic heterocycles. The van der Waals surface area contributed by atoms with Gasteiger partial charge in [-0.1, -0.05) is 0 Å². The van der Waals surface area contributed by atoms with Crippen LogP contribution in [-0.4, -0.2) is 16.2 Å². The second-order valence-electron chi connectivity index (χ2n) is 4.09. The van der Waals surface area contributed by atoms with Crippen LogP contribution in [0, 0.1) is 6.92 Å². The van der Waals surface area contributed by atoms with Gasteiger partial charge in [0.05, 0.1) is 5.56 Å². The van der Waals surface area contributed by atoms with Crippen molar-refractivity contribution in [3.8, 4) is 0 Å². The van der Waals surface area contributed by atoms with E-state index >= 15 is 0 Å². The lowest BCUT2D eigenvalue weighted by molar-refractivity contribution is -0.137. The maximum atomic E-state index is 12.4. The molecule has 0 radical (unpaired) electrons. The maximum Gasteiger partial charge on any atom is 0.416 e. The Kier molecular flexibility index (Phi) is 3.64. The van der Waals surface area contributed by atoms with Gasteiger partial charge in [-0.2, -0.15) is 18.3 Å². The minimum atomic E-state index is -4.40. The highest BCUT2D eigenvalue weighted by molar-refractivity contribution is 5.99. The van der Waals surface area contributed by atoms with Crippen LogP contribution in [0.15, 0.2) is 30.3 Å². The van der Waals surface area contributed by atoms with Crippen LogP contribution in [0.3, 0.4) is 0 Å². The molecule has 2 aromatic rings. The third-order valence-electron chi connectivity index (χ3n) is 2.42. The molecule has 0 saturated heterocycles. The van der Waals surface area contributed by atoms with Gasteiger partial charge in [0.1, 0.15) is 0 Å². The Morgan fingerprint density at radius 2 is 1.85 bits per heavy atom. The number of rotatable bonds is 2. The number of amides is 2. The van der Waals surface area contributed by atoms with Crippen LogP contribution in [0.5, 0.6) is 0 Å². The van der Waals surface area contributed by atoms with Crippen LogP contribution in [0.4, 0.5) is 29.5 Å². The molecule has 0 aliphatic rings. The molecule has 0 bridgehead atoms. The molecule has 1 heterocycles. The molecule has 1 aromatic heterocycles. The third-order valence-corrected chi connectivity index (χ3v) is 2.42. The first kappa shape index (κ1) is 13.9. The fourth-order valence-corrected chi connectivity index (χ4v) is 1.50. The molecule has 0 atom stereocenters. The number of nitrogens with zero attached hydrogens (tertiary/aromatic N) is 1. The predicted octanol–water partition coefficient (Wildman–Crippen LogP) is 3.38. The highest BCUT2D eigenvalue weighted by Crippen LogP contribution is 2.29. The molecule has 3 N–H and O–H groups in total. The molecule has 20 heavy (non-hydrogen) atoms. The van der Waals surface area contributed by atoms with Crippen LogP contribution < -0.4 is 10.6 Å². The van der Waals surface area contributed by atoms with E-state index in [9.17, 15) is 18.0 Å². The average molecular weight is 284 g/mol. The fraction of sp³-hybridized carbons (Fsp3) is 0.167. The number of aromatic amines is 1. The van der Waals surface area contributed by atoms with E-state index in [1.807, 2.05) is 0 Å². The summed E-state index contributed by atoms with van der Waals surface area (Å²) in [4.78, 5) is 11.6. The minimum Gasteiger partial charge on any atom is -0.308 e. The number of anilines is 2. The molecule has 2 amide bonds. The predicted molar refractivity (Wildman–Crippen MR) is 67.4 cm³/mol. The molecule has 0 spiro atoms. The number of aryl methyl sites for hydroxylation is 1. The Morgan fingerprint density at radius 1 is 1.20 bits per heavy atom. The van der Waals surface area contributed by atoms with Gasteiger partial charge in [-0.25, -0.2) is 4.79 Å². The molecule has 2 rings (SSSR count). The number of hydrogen-bond acceptors (Lipinski definition) is 2. The first-order valence-corrected chi connectivity index (χ1v) is 5.62. The van der Waals surface area contributed by atoms with Gasteiger partial charge in [-0.3, -0.25) is 10.4 Å². The number of H-pyrrole nitrogens is 1. The molecular formula is C12H11F3N4O. The lowest BCUT2D eigenvalue weighted by Crippen LogP contribution is -2.19. The number of urea groups is 1. The summed E-state index contributed by atoms with van der Waals surface area (Å²) in [5.41, 5.74) is 0.254. The van der Waals surface area contributed by atoms with Crippen LogP contribution >= 0.6 is 0 Å². The van der Waals surface area contributed by atoms with Crippen LogP contribution in [0.25, 0.3) is 0 Å². The van der Waals surface area contributed by atoms with Gasteiger partial charge in [-0.05, 0) is 31.2 Å². The molecule has 5 nitrogen and oxygen atoms in total. The highest BCUT2D eigenvalue weighted by Gasteiger charge is 2.29. The van der Waals surface area contributed by atoms with E-state index in [4.69, 9.17) is 0 Å². The summed E-state index contributed by atoms with van der Waals surface area (Å²) in [6, 6.07) is 5.18. The zero-order valence-corrected chi connectivity index (χ0v) is 10.4. The lowest BCUT2D eigenvalue weighted by atomic mass is 10.2. The first-order valence-electron chi connectivity index (χ1n) is 5.62. The van der Waals surface area contributed by atoms with E-state index in [1.54, 1.807) is 13.0 Å². The number of carbonyl (C=O) groups excluding carboxylic acids is 1. The Morgan fingerprint density at radius 3 is 2.35 bits per heavy atom. The summed E-state index contributed by atoms with van der Waals surface area (Å²) in [7, 11) is 0. The van der Waals surface area contributed by atoms with Crippen molar-refractivity contribution in [3.05, 3.63) is 41.6 Å². The number of aromatic nitrogens is 2. The molecule has 0 unspecified atom stereocenters. The SMILES string of the molecule is Cc1cc(NC(=O)Nc2ccc(C(F)(F)F)cc2)n[nH]1. The van der Waals surface area contributed by atoms with Gasteiger partial charge in [0.25, 0.3) is 0 Å². The van der Waals surface area contributed by atoms with Crippen molar-refractivity contribution in [2.45, 2.75) is 13.1 Å². The van der Waals surface area contributed by atoms with Crippen molar-refractivity contribution >= 4 is 17.5 Å². The summed E-state index contributed by atoms with van der Waals surface area (Å²) in [5, 5.41) is 11.3. The number of carbonyl (C=O) groups is 1. The molecule has 8 heteroatoms. The minimum absolute atomic E-state index is 0.253. The van der Waals surface area contributed by atoms with Crippen LogP contribution in [-0.2, 0) is 6.18 Å². The second kappa shape index (κ2) is 5.24. The zero-order chi connectivity index (χ0) is 14.8. The van der Waals surface area contributed by atoms with E-state index in [0.717, 1.165) is 17.8 Å². The number of alkyl halides is 3. The monoisotopic (exact) mass is 284 g/mol. The van der Waals surface area contributed by atoms with Gasteiger partial charge in [0.2, 0.25) is 0 Å². The largest absolute Gasteiger partial charge is 0.416 e. The molecular weight excluding hydrogens is 273 g/mol. The van der Waals surface area contributed by atoms with Gasteiger partial charge < -0.3 is 5.32 Å². The van der Waals surface area contributed by atoms with Crippen molar-refractivity contribution in [1.82, 2.24) is 10.2 Å². The van der Waals surface area contributed by atoms with Gasteiger partial charge in [0.15, 0.2) is 5.82 Å². The Hall–Kier alpha value is -2.51. The van der Waals surface area contributed by atoms with E-state index in [0.29, 0.717) is 5.82 Å². The molecule has 0 saturated carbocycles. The molecule has 0 fully saturated rings. The van der Waals surface area contributed by atoms with Crippen molar-refractivity contribution in [3.63, 3.8) is 0 Å². The number of benzene rings is 1. The Labute approximate surface area is 112 Å². The normalized spacial score (nSPS) is 11.2. The van der Waals surface area contributed by atoms with Crippen LogP contribution in [0.1, 0.15) is 11.3 Å². The first-order chi connectivity index (χ1) is 9.34. The highest BCUT2D eigenvalue weighted by atomic mass is 19.4. The Balaban J connectivity index is 1.98. The Bertz CT molecular complexity index is 604. The van der Waals surface area contributed by atoms with Crippen molar-refractivity contribution in [2.75, 3.05) is 10.6 Å². The molecule has 106 valence electrons. The van der Waals surface area contributed by atoms with Crippen molar-refractivity contribution in [1.29, 1.82) is 0 Å². The summed E-state index contributed by atoms with van der Waals surface area (Å²) < 4.78 is 37.1. The van der Waals surface area contributed by atoms with Crippen LogP contribution in [0.2, 0.25) is 0 Å². The zero-order valence-electron chi connectivity index (χ0n) is 10.4. The van der Waals surface area contributed by atoms with E-state index in [2.05, 4.69) is 20.8 Å². The molecule has 0 aliphatic carbocycles. The maximum absolute atomic E-state index is 12.4. The number of hydrogen-bond donors (Lipinski definition) is 3. The standard InChI is InChI=1S/C12H11F3N4O/c1-7-6-10(19-18-7)17-11(20)16-9-4-2-8(3-5-9)12(13,14)15/h2-6H,1H3,(H3,16,17,18,19,20).